The summed E-state index contributed by atoms with van der Waals surface area (Å²) in [4.78, 5) is 0. The Morgan fingerprint density at radius 3 is 2.57 bits per heavy atom. The molecule has 1 aromatic rings. The molecule has 14 heavy (non-hydrogen) atoms. The van der Waals surface area contributed by atoms with Crippen LogP contribution in [0, 0.1) is 11.8 Å². The number of rotatable bonds is 0. The van der Waals surface area contributed by atoms with Crippen LogP contribution in [0.2, 0.25) is 0 Å². The highest BCUT2D eigenvalue weighted by atomic mass is 79.9. The molecule has 0 nitrogen and oxygen atoms in total. The third-order valence-electron chi connectivity index (χ3n) is 1.49. The third-order valence-corrected chi connectivity index (χ3v) is 1.77. The fraction of sp³-hybridized carbons (Fsp3) is 0.200. The van der Waals surface area contributed by atoms with Gasteiger partial charge < -0.3 is 0 Å². The largest absolute Gasteiger partial charge is 0.416 e. The summed E-state index contributed by atoms with van der Waals surface area (Å²) in [6, 6.07) is 4.96. The first-order chi connectivity index (χ1) is 6.54. The third kappa shape index (κ3) is 3.08. The highest BCUT2D eigenvalue weighted by molar-refractivity contribution is 9.09. The molecule has 0 heterocycles. The van der Waals surface area contributed by atoms with Crippen LogP contribution >= 0.6 is 15.9 Å². The molecule has 0 atom stereocenters. The van der Waals surface area contributed by atoms with E-state index >= 15 is 0 Å². The Bertz CT molecular complexity index is 371. The maximum absolute atomic E-state index is 12.2. The SMILES string of the molecule is FC(F)(F)c1cccc(C#CCBr)c1. The van der Waals surface area contributed by atoms with Crippen LogP contribution in [0.5, 0.6) is 0 Å². The molecule has 0 saturated carbocycles. The van der Waals surface area contributed by atoms with Crippen molar-refractivity contribution in [3.8, 4) is 11.8 Å². The van der Waals surface area contributed by atoms with Crippen molar-refractivity contribution < 1.29 is 13.2 Å². The van der Waals surface area contributed by atoms with Crippen molar-refractivity contribution in [1.82, 2.24) is 0 Å². The lowest BCUT2D eigenvalue weighted by Gasteiger charge is -2.05. The number of halogens is 4. The molecule has 0 spiro atoms. The molecule has 0 aliphatic carbocycles. The van der Waals surface area contributed by atoms with Gasteiger partial charge in [-0.05, 0) is 18.2 Å². The molecular formula is C10H6BrF3. The summed E-state index contributed by atoms with van der Waals surface area (Å²) in [6.07, 6.45) is -4.30. The predicted molar refractivity (Wildman–Crippen MR) is 52.1 cm³/mol. The average molecular weight is 263 g/mol. The molecule has 0 amide bonds. The first kappa shape index (κ1) is 11.1. The summed E-state index contributed by atoms with van der Waals surface area (Å²) in [5.74, 6) is 5.25. The second-order valence-corrected chi connectivity index (χ2v) is 3.07. The zero-order valence-electron chi connectivity index (χ0n) is 7.03. The molecule has 4 heteroatoms. The quantitative estimate of drug-likeness (QED) is 0.496. The summed E-state index contributed by atoms with van der Waals surface area (Å²) in [7, 11) is 0. The molecule has 0 aliphatic heterocycles. The summed E-state index contributed by atoms with van der Waals surface area (Å²) < 4.78 is 36.7. The van der Waals surface area contributed by atoms with Crippen molar-refractivity contribution >= 4 is 15.9 Å². The number of hydrogen-bond acceptors (Lipinski definition) is 0. The second-order valence-electron chi connectivity index (χ2n) is 2.51. The van der Waals surface area contributed by atoms with E-state index in [0.717, 1.165) is 12.1 Å². The molecule has 0 aliphatic rings. The van der Waals surface area contributed by atoms with E-state index in [1.807, 2.05) is 0 Å². The van der Waals surface area contributed by atoms with E-state index in [9.17, 15) is 13.2 Å². The Morgan fingerprint density at radius 2 is 2.00 bits per heavy atom. The molecule has 0 bridgehead atoms. The Morgan fingerprint density at radius 1 is 1.29 bits per heavy atom. The van der Waals surface area contributed by atoms with E-state index < -0.39 is 11.7 Å². The normalized spacial score (nSPS) is 10.6. The average Bonchev–Trinajstić information content (AvgIpc) is 2.14. The fourth-order valence-electron chi connectivity index (χ4n) is 0.909. The lowest BCUT2D eigenvalue weighted by atomic mass is 10.1. The first-order valence-corrected chi connectivity index (χ1v) is 4.88. The van der Waals surface area contributed by atoms with E-state index in [0.29, 0.717) is 10.9 Å². The Hall–Kier alpha value is -0.950. The fourth-order valence-corrected chi connectivity index (χ4v) is 1.05. The first-order valence-electron chi connectivity index (χ1n) is 3.76. The van der Waals surface area contributed by atoms with Crippen molar-refractivity contribution in [2.45, 2.75) is 6.18 Å². The van der Waals surface area contributed by atoms with Crippen LogP contribution in [0.3, 0.4) is 0 Å². The molecule has 0 radical (unpaired) electrons. The number of hydrogen-bond donors (Lipinski definition) is 0. The van der Waals surface area contributed by atoms with Gasteiger partial charge in [0.05, 0.1) is 10.9 Å². The Balaban J connectivity index is 3.02. The molecule has 0 N–H and O–H groups in total. The van der Waals surface area contributed by atoms with E-state index in [1.165, 1.54) is 6.07 Å². The minimum Gasteiger partial charge on any atom is -0.166 e. The van der Waals surface area contributed by atoms with Crippen molar-refractivity contribution in [3.63, 3.8) is 0 Å². The maximum atomic E-state index is 12.2. The van der Waals surface area contributed by atoms with Gasteiger partial charge in [0.1, 0.15) is 0 Å². The van der Waals surface area contributed by atoms with E-state index in [-0.39, 0.29) is 0 Å². The van der Waals surface area contributed by atoms with Gasteiger partial charge >= 0.3 is 6.18 Å². The van der Waals surface area contributed by atoms with Gasteiger partial charge in [-0.1, -0.05) is 33.8 Å². The molecule has 0 unspecified atom stereocenters. The van der Waals surface area contributed by atoms with Crippen molar-refractivity contribution in [2.24, 2.45) is 0 Å². The highest BCUT2D eigenvalue weighted by Gasteiger charge is 2.30. The lowest BCUT2D eigenvalue weighted by Crippen LogP contribution is -2.04. The lowest BCUT2D eigenvalue weighted by molar-refractivity contribution is -0.137. The van der Waals surface area contributed by atoms with E-state index in [1.54, 1.807) is 6.07 Å². The van der Waals surface area contributed by atoms with E-state index in [4.69, 9.17) is 0 Å². The van der Waals surface area contributed by atoms with Gasteiger partial charge in [-0.3, -0.25) is 0 Å². The van der Waals surface area contributed by atoms with Crippen LogP contribution in [-0.2, 0) is 6.18 Å². The number of alkyl halides is 4. The van der Waals surface area contributed by atoms with Gasteiger partial charge in [-0.15, -0.1) is 0 Å². The van der Waals surface area contributed by atoms with Gasteiger partial charge in [0.15, 0.2) is 0 Å². The monoisotopic (exact) mass is 262 g/mol. The molecule has 0 fully saturated rings. The zero-order valence-corrected chi connectivity index (χ0v) is 8.61. The molecule has 0 aromatic heterocycles. The van der Waals surface area contributed by atoms with Crippen LogP contribution in [0.25, 0.3) is 0 Å². The van der Waals surface area contributed by atoms with Gasteiger partial charge in [0.2, 0.25) is 0 Å². The van der Waals surface area contributed by atoms with E-state index in [2.05, 4.69) is 27.8 Å². The van der Waals surface area contributed by atoms with Crippen molar-refractivity contribution in [2.75, 3.05) is 5.33 Å². The number of benzene rings is 1. The zero-order chi connectivity index (χ0) is 10.6. The van der Waals surface area contributed by atoms with Gasteiger partial charge in [-0.2, -0.15) is 13.2 Å². The summed E-state index contributed by atoms with van der Waals surface area (Å²) in [6.45, 7) is 0. The predicted octanol–water partition coefficient (Wildman–Crippen LogP) is 3.45. The minimum absolute atomic E-state index is 0.374. The van der Waals surface area contributed by atoms with Gasteiger partial charge in [0, 0.05) is 5.56 Å². The Kier molecular flexibility index (Phi) is 3.59. The van der Waals surface area contributed by atoms with Crippen molar-refractivity contribution in [1.29, 1.82) is 0 Å². The molecule has 1 aromatic carbocycles. The van der Waals surface area contributed by atoms with Crippen LogP contribution in [0.4, 0.5) is 13.2 Å². The smallest absolute Gasteiger partial charge is 0.166 e. The van der Waals surface area contributed by atoms with Crippen molar-refractivity contribution in [3.05, 3.63) is 35.4 Å². The summed E-state index contributed by atoms with van der Waals surface area (Å²) >= 11 is 3.07. The van der Waals surface area contributed by atoms with Crippen LogP contribution < -0.4 is 0 Å². The standard InChI is InChI=1S/C10H6BrF3/c11-6-2-4-8-3-1-5-9(7-8)10(12,13)14/h1,3,5,7H,6H2. The maximum Gasteiger partial charge on any atom is 0.416 e. The summed E-state index contributed by atoms with van der Waals surface area (Å²) in [5, 5.41) is 0.448. The molecular weight excluding hydrogens is 257 g/mol. The summed E-state index contributed by atoms with van der Waals surface area (Å²) in [5.41, 5.74) is -0.293. The topological polar surface area (TPSA) is 0 Å². The Labute approximate surface area is 88.3 Å². The van der Waals surface area contributed by atoms with Gasteiger partial charge in [-0.25, -0.2) is 0 Å². The second kappa shape index (κ2) is 4.52. The molecule has 1 rings (SSSR count). The molecule has 0 saturated heterocycles. The molecule has 74 valence electrons. The van der Waals surface area contributed by atoms with Crippen LogP contribution in [0.1, 0.15) is 11.1 Å². The minimum atomic E-state index is -4.30. The van der Waals surface area contributed by atoms with Crippen LogP contribution in [0.15, 0.2) is 24.3 Å². The van der Waals surface area contributed by atoms with Gasteiger partial charge in [0.25, 0.3) is 0 Å². The highest BCUT2D eigenvalue weighted by Crippen LogP contribution is 2.29. The van der Waals surface area contributed by atoms with Crippen LogP contribution in [-0.4, -0.2) is 5.33 Å².